The first-order chi connectivity index (χ1) is 7.76. The van der Waals surface area contributed by atoms with Gasteiger partial charge in [-0.15, -0.1) is 11.8 Å². The van der Waals surface area contributed by atoms with E-state index in [1.54, 1.807) is 22.6 Å². The van der Waals surface area contributed by atoms with Crippen molar-refractivity contribution in [1.82, 2.24) is 9.78 Å². The van der Waals surface area contributed by atoms with Crippen molar-refractivity contribution in [1.29, 1.82) is 5.26 Å². The number of halogens is 1. The van der Waals surface area contributed by atoms with Gasteiger partial charge in [-0.25, -0.2) is 4.68 Å². The Bertz CT molecular complexity index is 557. The molecule has 0 unspecified atom stereocenters. The Kier molecular flexibility index (Phi) is 3.32. The minimum Gasteiger partial charge on any atom is -0.238 e. The molecule has 1 aromatic carbocycles. The molecule has 0 bridgehead atoms. The summed E-state index contributed by atoms with van der Waals surface area (Å²) in [4.78, 5) is 0.964. The van der Waals surface area contributed by atoms with Gasteiger partial charge >= 0.3 is 0 Å². The van der Waals surface area contributed by atoms with E-state index in [1.807, 2.05) is 30.7 Å². The predicted octanol–water partition coefficient (Wildman–Crippen LogP) is 3.23. The maximum Gasteiger partial charge on any atom is 0.103 e. The largest absolute Gasteiger partial charge is 0.238 e. The van der Waals surface area contributed by atoms with E-state index in [2.05, 4.69) is 27.1 Å². The highest BCUT2D eigenvalue weighted by molar-refractivity contribution is 9.10. The first kappa shape index (κ1) is 11.2. The molecule has 16 heavy (non-hydrogen) atoms. The molecule has 0 saturated heterocycles. The smallest absolute Gasteiger partial charge is 0.103 e. The lowest BCUT2D eigenvalue weighted by Crippen LogP contribution is -1.98. The summed E-state index contributed by atoms with van der Waals surface area (Å²) in [6.07, 6.45) is 5.49. The maximum atomic E-state index is 9.18. The lowest BCUT2D eigenvalue weighted by atomic mass is 10.2. The molecular formula is C11H8BrN3S. The van der Waals surface area contributed by atoms with Gasteiger partial charge < -0.3 is 0 Å². The van der Waals surface area contributed by atoms with Crippen LogP contribution in [0.3, 0.4) is 0 Å². The molecular weight excluding hydrogens is 286 g/mol. The molecule has 0 N–H and O–H groups in total. The van der Waals surface area contributed by atoms with Gasteiger partial charge in [0.25, 0.3) is 0 Å². The number of benzene rings is 1. The molecule has 0 fully saturated rings. The highest BCUT2D eigenvalue weighted by Gasteiger charge is 2.09. The van der Waals surface area contributed by atoms with E-state index in [0.29, 0.717) is 5.56 Å². The molecule has 1 aromatic heterocycles. The van der Waals surface area contributed by atoms with Gasteiger partial charge in [-0.3, -0.25) is 0 Å². The summed E-state index contributed by atoms with van der Waals surface area (Å²) in [5, 5.41) is 13.4. The summed E-state index contributed by atoms with van der Waals surface area (Å²) in [6.45, 7) is 0. The zero-order valence-corrected chi connectivity index (χ0v) is 10.9. The molecule has 80 valence electrons. The number of hydrogen-bond donors (Lipinski definition) is 0. The van der Waals surface area contributed by atoms with E-state index < -0.39 is 0 Å². The normalized spacial score (nSPS) is 10.1. The highest BCUT2D eigenvalue weighted by atomic mass is 79.9. The monoisotopic (exact) mass is 293 g/mol. The van der Waals surface area contributed by atoms with Crippen LogP contribution >= 0.6 is 27.7 Å². The van der Waals surface area contributed by atoms with Gasteiger partial charge in [0.05, 0.1) is 21.9 Å². The minimum atomic E-state index is 0.658. The predicted molar refractivity (Wildman–Crippen MR) is 67.8 cm³/mol. The summed E-state index contributed by atoms with van der Waals surface area (Å²) < 4.78 is 2.59. The van der Waals surface area contributed by atoms with Gasteiger partial charge in [0.15, 0.2) is 0 Å². The number of nitriles is 1. The van der Waals surface area contributed by atoms with Gasteiger partial charge in [0, 0.05) is 11.1 Å². The summed E-state index contributed by atoms with van der Waals surface area (Å²) in [5.74, 6) is 0. The van der Waals surface area contributed by atoms with Crippen LogP contribution in [-0.2, 0) is 0 Å². The first-order valence-corrected chi connectivity index (χ1v) is 6.55. The van der Waals surface area contributed by atoms with Crippen molar-refractivity contribution in [3.8, 4) is 11.8 Å². The molecule has 0 aliphatic carbocycles. The molecule has 0 aliphatic heterocycles. The van der Waals surface area contributed by atoms with Crippen LogP contribution in [0.5, 0.6) is 0 Å². The Morgan fingerprint density at radius 2 is 2.31 bits per heavy atom. The summed E-state index contributed by atoms with van der Waals surface area (Å²) in [5.41, 5.74) is 1.46. The third kappa shape index (κ3) is 1.99. The fraction of sp³-hybridized carbons (Fsp3) is 0.0909. The average molecular weight is 294 g/mol. The van der Waals surface area contributed by atoms with Crippen molar-refractivity contribution >= 4 is 27.7 Å². The summed E-state index contributed by atoms with van der Waals surface area (Å²) in [6, 6.07) is 7.98. The molecule has 2 aromatic rings. The van der Waals surface area contributed by atoms with Crippen molar-refractivity contribution in [3.63, 3.8) is 0 Å². The number of aromatic nitrogens is 2. The van der Waals surface area contributed by atoms with Gasteiger partial charge in [-0.1, -0.05) is 6.07 Å². The van der Waals surface area contributed by atoms with Crippen molar-refractivity contribution in [2.24, 2.45) is 0 Å². The van der Waals surface area contributed by atoms with Crippen LogP contribution < -0.4 is 0 Å². The molecule has 5 heteroatoms. The van der Waals surface area contributed by atoms with Crippen LogP contribution in [0.4, 0.5) is 0 Å². The third-order valence-corrected chi connectivity index (χ3v) is 3.32. The van der Waals surface area contributed by atoms with E-state index in [4.69, 9.17) is 0 Å². The third-order valence-electron chi connectivity index (χ3n) is 2.13. The fourth-order valence-corrected chi connectivity index (χ4v) is 2.28. The zero-order valence-electron chi connectivity index (χ0n) is 8.51. The Balaban J connectivity index is 2.61. The molecule has 0 saturated carbocycles. The lowest BCUT2D eigenvalue weighted by molar-refractivity contribution is 0.873. The van der Waals surface area contributed by atoms with Gasteiger partial charge in [0.1, 0.15) is 6.07 Å². The molecule has 0 spiro atoms. The quantitative estimate of drug-likeness (QED) is 0.799. The molecule has 3 nitrogen and oxygen atoms in total. The van der Waals surface area contributed by atoms with Gasteiger partial charge in [0.2, 0.25) is 0 Å². The Morgan fingerprint density at radius 3 is 2.88 bits per heavy atom. The van der Waals surface area contributed by atoms with Crippen LogP contribution in [0, 0.1) is 11.3 Å². The molecule has 0 amide bonds. The van der Waals surface area contributed by atoms with Crippen molar-refractivity contribution in [2.75, 3.05) is 6.26 Å². The highest BCUT2D eigenvalue weighted by Crippen LogP contribution is 2.25. The number of hydrogen-bond acceptors (Lipinski definition) is 3. The van der Waals surface area contributed by atoms with Gasteiger partial charge in [-0.2, -0.15) is 10.4 Å². The molecule has 0 atom stereocenters. The van der Waals surface area contributed by atoms with E-state index in [1.165, 1.54) is 0 Å². The van der Waals surface area contributed by atoms with E-state index in [0.717, 1.165) is 15.1 Å². The number of thioether (sulfide) groups is 1. The van der Waals surface area contributed by atoms with Crippen molar-refractivity contribution in [3.05, 3.63) is 40.6 Å². The molecule has 0 radical (unpaired) electrons. The summed E-state index contributed by atoms with van der Waals surface area (Å²) in [7, 11) is 0. The minimum absolute atomic E-state index is 0.658. The zero-order chi connectivity index (χ0) is 11.5. The lowest BCUT2D eigenvalue weighted by Gasteiger charge is -2.06. The van der Waals surface area contributed by atoms with Crippen molar-refractivity contribution < 1.29 is 0 Å². The van der Waals surface area contributed by atoms with E-state index in [-0.39, 0.29) is 0 Å². The fourth-order valence-electron chi connectivity index (χ4n) is 1.43. The average Bonchev–Trinajstić information content (AvgIpc) is 2.74. The number of rotatable bonds is 2. The van der Waals surface area contributed by atoms with Crippen molar-refractivity contribution in [2.45, 2.75) is 4.90 Å². The molecule has 1 heterocycles. The second-order valence-corrected chi connectivity index (χ2v) is 4.83. The Labute approximate surface area is 106 Å². The van der Waals surface area contributed by atoms with Crippen LogP contribution in [0.2, 0.25) is 0 Å². The number of nitrogens with zero attached hydrogens (tertiary/aromatic N) is 3. The second kappa shape index (κ2) is 4.73. The SMILES string of the molecule is CSc1cccc(-n2cc(Br)cn2)c1C#N. The molecule has 2 rings (SSSR count). The standard InChI is InChI=1S/C11H8BrN3S/c1-16-11-4-2-3-10(9(11)5-13)15-7-8(12)6-14-15/h2-4,6-7H,1H3. The van der Waals surface area contributed by atoms with Crippen LogP contribution in [0.1, 0.15) is 5.56 Å². The van der Waals surface area contributed by atoms with Crippen LogP contribution in [0.15, 0.2) is 40.0 Å². The second-order valence-electron chi connectivity index (χ2n) is 3.07. The molecule has 0 aliphatic rings. The Morgan fingerprint density at radius 1 is 1.50 bits per heavy atom. The van der Waals surface area contributed by atoms with E-state index in [9.17, 15) is 5.26 Å². The summed E-state index contributed by atoms with van der Waals surface area (Å²) >= 11 is 4.90. The van der Waals surface area contributed by atoms with Gasteiger partial charge in [-0.05, 0) is 34.3 Å². The van der Waals surface area contributed by atoms with Crippen LogP contribution in [-0.4, -0.2) is 16.0 Å². The first-order valence-electron chi connectivity index (χ1n) is 4.54. The van der Waals surface area contributed by atoms with Crippen LogP contribution in [0.25, 0.3) is 5.69 Å². The maximum absolute atomic E-state index is 9.18. The van der Waals surface area contributed by atoms with E-state index >= 15 is 0 Å². The Hall–Kier alpha value is -1.25. The topological polar surface area (TPSA) is 41.6 Å².